The first-order valence-electron chi connectivity index (χ1n) is 6.28. The molecule has 2 rings (SSSR count). The first kappa shape index (κ1) is 13.4. The Labute approximate surface area is 113 Å². The molecule has 1 aromatic rings. The van der Waals surface area contributed by atoms with Gasteiger partial charge in [0.1, 0.15) is 0 Å². The van der Waals surface area contributed by atoms with Crippen LogP contribution < -0.4 is 5.32 Å². The van der Waals surface area contributed by atoms with Crippen molar-refractivity contribution < 1.29 is 4.79 Å². The van der Waals surface area contributed by atoms with E-state index in [2.05, 4.69) is 12.2 Å². The standard InChI is InChI=1S/C14H19ClN2O/c1-14(16-2)7-9-17(10-8-14)13(18)11-5-3-4-6-12(11)15/h3-6,16H,7-10H2,1-2H3. The Morgan fingerprint density at radius 1 is 1.33 bits per heavy atom. The van der Waals surface area contributed by atoms with Crippen molar-refractivity contribution in [1.82, 2.24) is 10.2 Å². The molecular weight excluding hydrogens is 248 g/mol. The molecule has 1 aromatic carbocycles. The van der Waals surface area contributed by atoms with Crippen LogP contribution in [0.25, 0.3) is 0 Å². The van der Waals surface area contributed by atoms with Crippen LogP contribution in [0.3, 0.4) is 0 Å². The van der Waals surface area contributed by atoms with E-state index in [-0.39, 0.29) is 11.4 Å². The Hall–Kier alpha value is -1.06. The molecule has 0 bridgehead atoms. The number of likely N-dealkylation sites (tertiary alicyclic amines) is 1. The van der Waals surface area contributed by atoms with Crippen LogP contribution in [0, 0.1) is 0 Å². The maximum Gasteiger partial charge on any atom is 0.255 e. The number of piperidine rings is 1. The average molecular weight is 267 g/mol. The number of carbonyl (C=O) groups excluding carboxylic acids is 1. The summed E-state index contributed by atoms with van der Waals surface area (Å²) >= 11 is 6.06. The average Bonchev–Trinajstić information content (AvgIpc) is 2.39. The van der Waals surface area contributed by atoms with Gasteiger partial charge in [-0.05, 0) is 38.9 Å². The van der Waals surface area contributed by atoms with Gasteiger partial charge in [0.25, 0.3) is 5.91 Å². The third-order valence-corrected chi connectivity index (χ3v) is 4.19. The topological polar surface area (TPSA) is 32.3 Å². The Morgan fingerprint density at radius 2 is 1.94 bits per heavy atom. The maximum absolute atomic E-state index is 12.3. The third-order valence-electron chi connectivity index (χ3n) is 3.86. The molecule has 1 saturated heterocycles. The quantitative estimate of drug-likeness (QED) is 0.892. The van der Waals surface area contributed by atoms with Crippen LogP contribution in [0.5, 0.6) is 0 Å². The van der Waals surface area contributed by atoms with Crippen LogP contribution in [-0.2, 0) is 0 Å². The van der Waals surface area contributed by atoms with Crippen LogP contribution in [0.4, 0.5) is 0 Å². The van der Waals surface area contributed by atoms with E-state index >= 15 is 0 Å². The molecule has 0 aromatic heterocycles. The van der Waals surface area contributed by atoms with Crippen molar-refractivity contribution in [3.8, 4) is 0 Å². The summed E-state index contributed by atoms with van der Waals surface area (Å²) < 4.78 is 0. The van der Waals surface area contributed by atoms with E-state index in [0.717, 1.165) is 25.9 Å². The molecule has 1 fully saturated rings. The molecule has 0 aliphatic carbocycles. The smallest absolute Gasteiger partial charge is 0.255 e. The van der Waals surface area contributed by atoms with Gasteiger partial charge >= 0.3 is 0 Å². The second-order valence-electron chi connectivity index (χ2n) is 5.08. The van der Waals surface area contributed by atoms with Gasteiger partial charge in [0.2, 0.25) is 0 Å². The third kappa shape index (κ3) is 2.68. The van der Waals surface area contributed by atoms with Crippen LogP contribution in [-0.4, -0.2) is 36.5 Å². The molecular formula is C14H19ClN2O. The summed E-state index contributed by atoms with van der Waals surface area (Å²) in [5.41, 5.74) is 0.754. The molecule has 4 heteroatoms. The number of benzene rings is 1. The fourth-order valence-electron chi connectivity index (χ4n) is 2.26. The zero-order valence-electron chi connectivity index (χ0n) is 10.9. The fourth-order valence-corrected chi connectivity index (χ4v) is 2.47. The molecule has 0 saturated carbocycles. The van der Waals surface area contributed by atoms with Gasteiger partial charge in [0.15, 0.2) is 0 Å². The molecule has 0 spiro atoms. The van der Waals surface area contributed by atoms with Crippen molar-refractivity contribution in [2.24, 2.45) is 0 Å². The second kappa shape index (κ2) is 5.29. The minimum Gasteiger partial charge on any atom is -0.338 e. The summed E-state index contributed by atoms with van der Waals surface area (Å²) in [4.78, 5) is 14.2. The van der Waals surface area contributed by atoms with Crippen molar-refractivity contribution in [2.75, 3.05) is 20.1 Å². The van der Waals surface area contributed by atoms with Crippen molar-refractivity contribution in [2.45, 2.75) is 25.3 Å². The van der Waals surface area contributed by atoms with E-state index in [0.29, 0.717) is 10.6 Å². The molecule has 98 valence electrons. The lowest BCUT2D eigenvalue weighted by Crippen LogP contribution is -2.51. The summed E-state index contributed by atoms with van der Waals surface area (Å²) in [6.07, 6.45) is 1.94. The van der Waals surface area contributed by atoms with Gasteiger partial charge in [-0.3, -0.25) is 4.79 Å². The minimum absolute atomic E-state index is 0.0405. The largest absolute Gasteiger partial charge is 0.338 e. The molecule has 1 aliphatic rings. The van der Waals surface area contributed by atoms with Gasteiger partial charge in [0, 0.05) is 18.6 Å². The highest BCUT2D eigenvalue weighted by Gasteiger charge is 2.31. The lowest BCUT2D eigenvalue weighted by atomic mass is 9.89. The summed E-state index contributed by atoms with van der Waals surface area (Å²) in [5, 5.41) is 3.86. The molecule has 3 nitrogen and oxygen atoms in total. The lowest BCUT2D eigenvalue weighted by molar-refractivity contribution is 0.0662. The predicted molar refractivity (Wildman–Crippen MR) is 74.1 cm³/mol. The molecule has 1 heterocycles. The number of hydrogen-bond acceptors (Lipinski definition) is 2. The molecule has 1 amide bonds. The zero-order chi connectivity index (χ0) is 13.2. The van der Waals surface area contributed by atoms with Crippen LogP contribution in [0.15, 0.2) is 24.3 Å². The number of amides is 1. The van der Waals surface area contributed by atoms with E-state index in [1.165, 1.54) is 0 Å². The van der Waals surface area contributed by atoms with Crippen molar-refractivity contribution in [3.63, 3.8) is 0 Å². The molecule has 0 atom stereocenters. The van der Waals surface area contributed by atoms with E-state index < -0.39 is 0 Å². The van der Waals surface area contributed by atoms with Crippen LogP contribution in [0.1, 0.15) is 30.1 Å². The molecule has 1 N–H and O–H groups in total. The SMILES string of the molecule is CNC1(C)CCN(C(=O)c2ccccc2Cl)CC1. The Kier molecular flexibility index (Phi) is 3.93. The highest BCUT2D eigenvalue weighted by atomic mass is 35.5. The number of halogens is 1. The lowest BCUT2D eigenvalue weighted by Gasteiger charge is -2.39. The second-order valence-corrected chi connectivity index (χ2v) is 5.49. The molecule has 0 radical (unpaired) electrons. The number of nitrogens with one attached hydrogen (secondary N) is 1. The highest BCUT2D eigenvalue weighted by Crippen LogP contribution is 2.24. The molecule has 1 aliphatic heterocycles. The maximum atomic E-state index is 12.3. The number of nitrogens with zero attached hydrogens (tertiary/aromatic N) is 1. The minimum atomic E-state index is 0.0405. The summed E-state index contributed by atoms with van der Waals surface area (Å²) in [7, 11) is 1.98. The molecule has 18 heavy (non-hydrogen) atoms. The van der Waals surface area contributed by atoms with Crippen molar-refractivity contribution in [1.29, 1.82) is 0 Å². The van der Waals surface area contributed by atoms with E-state index in [4.69, 9.17) is 11.6 Å². The van der Waals surface area contributed by atoms with E-state index in [9.17, 15) is 4.79 Å². The van der Waals surface area contributed by atoms with E-state index in [1.54, 1.807) is 12.1 Å². The number of hydrogen-bond donors (Lipinski definition) is 1. The van der Waals surface area contributed by atoms with Crippen LogP contribution in [0.2, 0.25) is 5.02 Å². The van der Waals surface area contributed by atoms with Gasteiger partial charge in [-0.25, -0.2) is 0 Å². The van der Waals surface area contributed by atoms with Gasteiger partial charge in [-0.15, -0.1) is 0 Å². The fraction of sp³-hybridized carbons (Fsp3) is 0.500. The first-order valence-corrected chi connectivity index (χ1v) is 6.66. The Bertz CT molecular complexity index is 439. The summed E-state index contributed by atoms with van der Waals surface area (Å²) in [6, 6.07) is 7.24. The number of rotatable bonds is 2. The Morgan fingerprint density at radius 3 is 2.50 bits per heavy atom. The van der Waals surface area contributed by atoms with E-state index in [1.807, 2.05) is 24.1 Å². The van der Waals surface area contributed by atoms with Crippen LogP contribution >= 0.6 is 11.6 Å². The predicted octanol–water partition coefficient (Wildman–Crippen LogP) is 2.55. The van der Waals surface area contributed by atoms with Gasteiger partial charge in [0.05, 0.1) is 10.6 Å². The Balaban J connectivity index is 2.07. The van der Waals surface area contributed by atoms with Gasteiger partial charge in [-0.2, -0.15) is 0 Å². The summed E-state index contributed by atoms with van der Waals surface area (Å²) in [6.45, 7) is 3.76. The van der Waals surface area contributed by atoms with Gasteiger partial charge in [-0.1, -0.05) is 23.7 Å². The number of carbonyl (C=O) groups is 1. The van der Waals surface area contributed by atoms with Gasteiger partial charge < -0.3 is 10.2 Å². The summed E-state index contributed by atoms with van der Waals surface area (Å²) in [5.74, 6) is 0.0405. The highest BCUT2D eigenvalue weighted by molar-refractivity contribution is 6.33. The van der Waals surface area contributed by atoms with Crippen molar-refractivity contribution >= 4 is 17.5 Å². The zero-order valence-corrected chi connectivity index (χ0v) is 11.6. The monoisotopic (exact) mass is 266 g/mol. The molecule has 0 unspecified atom stereocenters. The first-order chi connectivity index (χ1) is 8.56. The van der Waals surface area contributed by atoms with Crippen molar-refractivity contribution in [3.05, 3.63) is 34.9 Å². The normalized spacial score (nSPS) is 18.7.